The van der Waals surface area contributed by atoms with Gasteiger partial charge in [-0.3, -0.25) is 4.68 Å². The number of aryl methyl sites for hydroxylation is 1. The Kier molecular flexibility index (Phi) is 5.05. The second kappa shape index (κ2) is 6.99. The minimum atomic E-state index is 0.605. The zero-order chi connectivity index (χ0) is 15.2. The third kappa shape index (κ3) is 3.66. The van der Waals surface area contributed by atoms with E-state index in [-0.39, 0.29) is 0 Å². The molecule has 2 aromatic rings. The number of ether oxygens (including phenoxy) is 3. The lowest BCUT2D eigenvalue weighted by Crippen LogP contribution is -2.13. The SMILES string of the molecule is COc1cc(CNCc2ccn(C)n2)cc(OC)c1OC. The van der Waals surface area contributed by atoms with Gasteiger partial charge >= 0.3 is 0 Å². The van der Waals surface area contributed by atoms with Gasteiger partial charge in [0, 0.05) is 26.3 Å². The highest BCUT2D eigenvalue weighted by atomic mass is 16.5. The van der Waals surface area contributed by atoms with Crippen LogP contribution in [0.3, 0.4) is 0 Å². The molecule has 0 fully saturated rings. The highest BCUT2D eigenvalue weighted by Crippen LogP contribution is 2.38. The molecular formula is C15H21N3O3. The molecule has 21 heavy (non-hydrogen) atoms. The predicted molar refractivity (Wildman–Crippen MR) is 79.8 cm³/mol. The van der Waals surface area contributed by atoms with E-state index in [1.165, 1.54) is 0 Å². The topological polar surface area (TPSA) is 57.5 Å². The molecule has 0 aliphatic rings. The van der Waals surface area contributed by atoms with Crippen molar-refractivity contribution in [1.29, 1.82) is 0 Å². The number of aromatic nitrogens is 2. The van der Waals surface area contributed by atoms with Gasteiger partial charge in [0.15, 0.2) is 11.5 Å². The molecule has 1 aromatic heterocycles. The summed E-state index contributed by atoms with van der Waals surface area (Å²) in [5, 5.41) is 7.67. The van der Waals surface area contributed by atoms with Crippen molar-refractivity contribution in [2.24, 2.45) is 7.05 Å². The van der Waals surface area contributed by atoms with Crippen LogP contribution in [0.25, 0.3) is 0 Å². The fourth-order valence-corrected chi connectivity index (χ4v) is 2.13. The molecule has 0 saturated heterocycles. The highest BCUT2D eigenvalue weighted by Gasteiger charge is 2.12. The molecule has 114 valence electrons. The fraction of sp³-hybridized carbons (Fsp3) is 0.400. The molecule has 6 nitrogen and oxygen atoms in total. The summed E-state index contributed by atoms with van der Waals surface area (Å²) in [7, 11) is 6.73. The normalized spacial score (nSPS) is 10.5. The molecule has 0 spiro atoms. The van der Waals surface area contributed by atoms with E-state index >= 15 is 0 Å². The van der Waals surface area contributed by atoms with E-state index in [2.05, 4.69) is 10.4 Å². The first-order chi connectivity index (χ1) is 10.2. The van der Waals surface area contributed by atoms with Crippen molar-refractivity contribution in [2.45, 2.75) is 13.1 Å². The van der Waals surface area contributed by atoms with Gasteiger partial charge < -0.3 is 19.5 Å². The maximum Gasteiger partial charge on any atom is 0.203 e. The summed E-state index contributed by atoms with van der Waals surface area (Å²) in [5.74, 6) is 1.92. The molecule has 0 atom stereocenters. The maximum atomic E-state index is 5.34. The summed E-state index contributed by atoms with van der Waals surface area (Å²) < 4.78 is 17.8. The van der Waals surface area contributed by atoms with Crippen molar-refractivity contribution in [3.05, 3.63) is 35.7 Å². The van der Waals surface area contributed by atoms with Crippen LogP contribution < -0.4 is 19.5 Å². The molecule has 0 aliphatic carbocycles. The van der Waals surface area contributed by atoms with Gasteiger partial charge in [0.25, 0.3) is 0 Å². The number of nitrogens with one attached hydrogen (secondary N) is 1. The number of methoxy groups -OCH3 is 3. The summed E-state index contributed by atoms with van der Waals surface area (Å²) in [6.45, 7) is 1.39. The van der Waals surface area contributed by atoms with E-state index < -0.39 is 0 Å². The van der Waals surface area contributed by atoms with Gasteiger partial charge in [0.2, 0.25) is 5.75 Å². The number of nitrogens with zero attached hydrogens (tertiary/aromatic N) is 2. The van der Waals surface area contributed by atoms with Crippen LogP contribution in [0, 0.1) is 0 Å². The molecule has 0 unspecified atom stereocenters. The summed E-state index contributed by atoms with van der Waals surface area (Å²) in [5.41, 5.74) is 2.06. The van der Waals surface area contributed by atoms with E-state index in [0.717, 1.165) is 11.3 Å². The summed E-state index contributed by atoms with van der Waals surface area (Å²) in [6, 6.07) is 5.86. The molecule has 6 heteroatoms. The van der Waals surface area contributed by atoms with E-state index in [4.69, 9.17) is 14.2 Å². The highest BCUT2D eigenvalue weighted by molar-refractivity contribution is 5.53. The van der Waals surface area contributed by atoms with Crippen LogP contribution in [-0.4, -0.2) is 31.1 Å². The Morgan fingerprint density at radius 2 is 1.71 bits per heavy atom. The van der Waals surface area contributed by atoms with Crippen molar-refractivity contribution in [2.75, 3.05) is 21.3 Å². The molecule has 0 aliphatic heterocycles. The number of hydrogen-bond acceptors (Lipinski definition) is 5. The Morgan fingerprint density at radius 3 is 2.19 bits per heavy atom. The predicted octanol–water partition coefficient (Wildman–Crippen LogP) is 1.74. The van der Waals surface area contributed by atoms with Gasteiger partial charge in [-0.2, -0.15) is 5.10 Å². The van der Waals surface area contributed by atoms with E-state index in [9.17, 15) is 0 Å². The second-order valence-corrected chi connectivity index (χ2v) is 4.62. The van der Waals surface area contributed by atoms with Crippen LogP contribution in [0.15, 0.2) is 24.4 Å². The van der Waals surface area contributed by atoms with Gasteiger partial charge in [0.05, 0.1) is 27.0 Å². The minimum Gasteiger partial charge on any atom is -0.493 e. The van der Waals surface area contributed by atoms with Gasteiger partial charge in [-0.15, -0.1) is 0 Å². The molecular weight excluding hydrogens is 270 g/mol. The van der Waals surface area contributed by atoms with Crippen molar-refractivity contribution in [1.82, 2.24) is 15.1 Å². The van der Waals surface area contributed by atoms with Crippen LogP contribution in [-0.2, 0) is 20.1 Å². The van der Waals surface area contributed by atoms with E-state index in [0.29, 0.717) is 30.3 Å². The average Bonchev–Trinajstić information content (AvgIpc) is 2.91. The molecule has 2 rings (SSSR count). The lowest BCUT2D eigenvalue weighted by atomic mass is 10.1. The minimum absolute atomic E-state index is 0.605. The van der Waals surface area contributed by atoms with Crippen molar-refractivity contribution >= 4 is 0 Å². The Hall–Kier alpha value is -2.21. The van der Waals surface area contributed by atoms with Crippen LogP contribution in [0.5, 0.6) is 17.2 Å². The monoisotopic (exact) mass is 291 g/mol. The van der Waals surface area contributed by atoms with Crippen molar-refractivity contribution in [3.8, 4) is 17.2 Å². The van der Waals surface area contributed by atoms with Gasteiger partial charge in [0.1, 0.15) is 0 Å². The zero-order valence-electron chi connectivity index (χ0n) is 12.8. The standard InChI is InChI=1S/C15H21N3O3/c1-18-6-5-12(17-18)10-16-9-11-7-13(19-2)15(21-4)14(8-11)20-3/h5-8,16H,9-10H2,1-4H3. The molecule has 0 radical (unpaired) electrons. The fourth-order valence-electron chi connectivity index (χ4n) is 2.13. The summed E-state index contributed by atoms with van der Waals surface area (Å²) in [6.07, 6.45) is 1.93. The third-order valence-corrected chi connectivity index (χ3v) is 3.13. The van der Waals surface area contributed by atoms with Gasteiger partial charge in [-0.1, -0.05) is 0 Å². The van der Waals surface area contributed by atoms with Crippen LogP contribution >= 0.6 is 0 Å². The summed E-state index contributed by atoms with van der Waals surface area (Å²) in [4.78, 5) is 0. The number of benzene rings is 1. The van der Waals surface area contributed by atoms with Gasteiger partial charge in [-0.25, -0.2) is 0 Å². The molecule has 0 amide bonds. The van der Waals surface area contributed by atoms with Gasteiger partial charge in [-0.05, 0) is 23.8 Å². The molecule has 1 N–H and O–H groups in total. The average molecular weight is 291 g/mol. The molecule has 0 saturated carbocycles. The first kappa shape index (κ1) is 15.2. The zero-order valence-corrected chi connectivity index (χ0v) is 12.8. The van der Waals surface area contributed by atoms with E-state index in [1.807, 2.05) is 31.4 Å². The van der Waals surface area contributed by atoms with Crippen LogP contribution in [0.2, 0.25) is 0 Å². The Bertz CT molecular complexity index is 571. The molecule has 1 heterocycles. The lowest BCUT2D eigenvalue weighted by Gasteiger charge is -2.14. The van der Waals surface area contributed by atoms with Crippen LogP contribution in [0.1, 0.15) is 11.3 Å². The third-order valence-electron chi connectivity index (χ3n) is 3.13. The van der Waals surface area contributed by atoms with Crippen LogP contribution in [0.4, 0.5) is 0 Å². The Morgan fingerprint density at radius 1 is 1.05 bits per heavy atom. The lowest BCUT2D eigenvalue weighted by molar-refractivity contribution is 0.323. The number of rotatable bonds is 7. The Labute approximate surface area is 124 Å². The molecule has 1 aromatic carbocycles. The smallest absolute Gasteiger partial charge is 0.203 e. The number of hydrogen-bond donors (Lipinski definition) is 1. The molecule has 0 bridgehead atoms. The second-order valence-electron chi connectivity index (χ2n) is 4.62. The first-order valence-electron chi connectivity index (χ1n) is 6.66. The largest absolute Gasteiger partial charge is 0.493 e. The van der Waals surface area contributed by atoms with Crippen molar-refractivity contribution < 1.29 is 14.2 Å². The van der Waals surface area contributed by atoms with Crippen molar-refractivity contribution in [3.63, 3.8) is 0 Å². The first-order valence-corrected chi connectivity index (χ1v) is 6.66. The maximum absolute atomic E-state index is 5.34. The quantitative estimate of drug-likeness (QED) is 0.842. The Balaban J connectivity index is 2.05. The summed E-state index contributed by atoms with van der Waals surface area (Å²) >= 11 is 0. The van der Waals surface area contributed by atoms with E-state index in [1.54, 1.807) is 26.0 Å².